The topological polar surface area (TPSA) is 64.0 Å². The summed E-state index contributed by atoms with van der Waals surface area (Å²) in [6.45, 7) is 0. The van der Waals surface area contributed by atoms with E-state index in [4.69, 9.17) is 0 Å². The summed E-state index contributed by atoms with van der Waals surface area (Å²) in [5.74, 6) is 0.355. The number of rotatable bonds is 4. The smallest absolute Gasteiger partial charge is 0.150 e. The van der Waals surface area contributed by atoms with Crippen molar-refractivity contribution in [3.8, 4) is 0 Å². The fraction of sp³-hybridized carbons (Fsp3) is 0.769. The van der Waals surface area contributed by atoms with E-state index in [2.05, 4.69) is 10.3 Å². The molecule has 2 rings (SSSR count). The molecule has 1 saturated carbocycles. The highest BCUT2D eigenvalue weighted by molar-refractivity contribution is 7.91. The van der Waals surface area contributed by atoms with Crippen LogP contribution in [0.1, 0.15) is 37.4 Å². The van der Waals surface area contributed by atoms with Crippen LogP contribution in [-0.2, 0) is 16.9 Å². The van der Waals surface area contributed by atoms with Crippen LogP contribution < -0.4 is 5.32 Å². The quantitative estimate of drug-likeness (QED) is 0.905. The van der Waals surface area contributed by atoms with Crippen LogP contribution in [-0.4, -0.2) is 36.5 Å². The van der Waals surface area contributed by atoms with Crippen molar-refractivity contribution in [3.05, 3.63) is 18.2 Å². The lowest BCUT2D eigenvalue weighted by Crippen LogP contribution is -2.35. The van der Waals surface area contributed by atoms with E-state index in [0.29, 0.717) is 5.92 Å². The number of aromatic nitrogens is 2. The van der Waals surface area contributed by atoms with Gasteiger partial charge in [0, 0.05) is 19.5 Å². The summed E-state index contributed by atoms with van der Waals surface area (Å²) in [7, 11) is 0.978. The largest absolute Gasteiger partial charge is 0.336 e. The standard InChI is InChI=1S/C13H23N3O2S/c1-14-13(12-8-15-9-16(12)2)10-5-4-6-11(7-10)19(3,17)18/h8-11,13-14H,4-7H2,1-3H3. The van der Waals surface area contributed by atoms with E-state index in [1.54, 1.807) is 6.33 Å². The second-order valence-corrected chi connectivity index (χ2v) is 7.90. The molecule has 0 aromatic carbocycles. The van der Waals surface area contributed by atoms with Gasteiger partial charge in [0.15, 0.2) is 0 Å². The highest BCUT2D eigenvalue weighted by Crippen LogP contribution is 2.36. The van der Waals surface area contributed by atoms with E-state index >= 15 is 0 Å². The maximum absolute atomic E-state index is 11.8. The average molecular weight is 285 g/mol. The van der Waals surface area contributed by atoms with Crippen molar-refractivity contribution in [2.24, 2.45) is 13.0 Å². The molecule has 1 aromatic rings. The average Bonchev–Trinajstić information content (AvgIpc) is 2.76. The summed E-state index contributed by atoms with van der Waals surface area (Å²) in [6.07, 6.45) is 8.62. The molecular weight excluding hydrogens is 262 g/mol. The van der Waals surface area contributed by atoms with Gasteiger partial charge in [-0.3, -0.25) is 0 Å². The van der Waals surface area contributed by atoms with Gasteiger partial charge in [-0.05, 0) is 32.2 Å². The summed E-state index contributed by atoms with van der Waals surface area (Å²) in [5, 5.41) is 3.15. The molecule has 3 unspecified atom stereocenters. The Kier molecular flexibility index (Phi) is 4.30. The number of nitrogens with one attached hydrogen (secondary N) is 1. The molecule has 1 heterocycles. The summed E-state index contributed by atoms with van der Waals surface area (Å²) in [6, 6.07) is 0.178. The first-order valence-corrected chi connectivity index (χ1v) is 8.71. The number of imidazole rings is 1. The summed E-state index contributed by atoms with van der Waals surface area (Å²) in [4.78, 5) is 4.16. The Morgan fingerprint density at radius 2 is 2.21 bits per heavy atom. The fourth-order valence-electron chi connectivity index (χ4n) is 3.16. The number of sulfone groups is 1. The highest BCUT2D eigenvalue weighted by Gasteiger charge is 2.33. The van der Waals surface area contributed by atoms with Crippen LogP contribution >= 0.6 is 0 Å². The van der Waals surface area contributed by atoms with Gasteiger partial charge in [0.25, 0.3) is 0 Å². The minimum Gasteiger partial charge on any atom is -0.336 e. The molecule has 0 aliphatic heterocycles. The van der Waals surface area contributed by atoms with Crippen molar-refractivity contribution >= 4 is 9.84 Å². The Bertz CT molecular complexity index is 524. The van der Waals surface area contributed by atoms with Gasteiger partial charge in [0.1, 0.15) is 9.84 Å². The molecule has 108 valence electrons. The Morgan fingerprint density at radius 3 is 2.74 bits per heavy atom. The lowest BCUT2D eigenvalue weighted by atomic mass is 9.82. The Morgan fingerprint density at radius 1 is 1.47 bits per heavy atom. The Labute approximate surface area is 115 Å². The second-order valence-electron chi connectivity index (χ2n) is 5.57. The second kappa shape index (κ2) is 5.63. The molecule has 0 amide bonds. The summed E-state index contributed by atoms with van der Waals surface area (Å²) in [5.41, 5.74) is 1.13. The minimum atomic E-state index is -2.93. The molecule has 19 heavy (non-hydrogen) atoms. The van der Waals surface area contributed by atoms with Gasteiger partial charge in [-0.1, -0.05) is 6.42 Å². The van der Waals surface area contributed by atoms with Gasteiger partial charge >= 0.3 is 0 Å². The predicted molar refractivity (Wildman–Crippen MR) is 75.6 cm³/mol. The van der Waals surface area contributed by atoms with Crippen molar-refractivity contribution in [2.75, 3.05) is 13.3 Å². The van der Waals surface area contributed by atoms with Crippen molar-refractivity contribution in [1.29, 1.82) is 0 Å². The Hall–Kier alpha value is -0.880. The predicted octanol–water partition coefficient (Wildman–Crippen LogP) is 1.28. The molecule has 0 bridgehead atoms. The van der Waals surface area contributed by atoms with Gasteiger partial charge in [-0.25, -0.2) is 13.4 Å². The Balaban J connectivity index is 2.18. The molecule has 1 aliphatic carbocycles. The van der Waals surface area contributed by atoms with Crippen LogP contribution in [0.2, 0.25) is 0 Å². The minimum absolute atomic E-state index is 0.178. The lowest BCUT2D eigenvalue weighted by Gasteiger charge is -2.33. The van der Waals surface area contributed by atoms with Crippen LogP contribution in [0, 0.1) is 5.92 Å². The van der Waals surface area contributed by atoms with Crippen LogP contribution in [0.15, 0.2) is 12.5 Å². The van der Waals surface area contributed by atoms with Crippen LogP contribution in [0.5, 0.6) is 0 Å². The molecule has 1 aliphatic rings. The molecule has 0 saturated heterocycles. The van der Waals surface area contributed by atoms with Crippen molar-refractivity contribution in [1.82, 2.24) is 14.9 Å². The van der Waals surface area contributed by atoms with E-state index in [9.17, 15) is 8.42 Å². The van der Waals surface area contributed by atoms with Gasteiger partial charge in [0.05, 0.1) is 23.3 Å². The number of nitrogens with zero attached hydrogens (tertiary/aromatic N) is 2. The molecule has 1 N–H and O–H groups in total. The highest BCUT2D eigenvalue weighted by atomic mass is 32.2. The van der Waals surface area contributed by atoms with E-state index in [1.807, 2.05) is 24.9 Å². The van der Waals surface area contributed by atoms with Gasteiger partial charge < -0.3 is 9.88 Å². The summed E-state index contributed by atoms with van der Waals surface area (Å²) >= 11 is 0. The third kappa shape index (κ3) is 3.17. The molecule has 5 nitrogen and oxygen atoms in total. The maximum atomic E-state index is 11.8. The molecular formula is C13H23N3O2S. The maximum Gasteiger partial charge on any atom is 0.150 e. The first kappa shape index (κ1) is 14.5. The number of hydrogen-bond acceptors (Lipinski definition) is 4. The third-order valence-electron chi connectivity index (χ3n) is 4.23. The monoisotopic (exact) mass is 285 g/mol. The third-order valence-corrected chi connectivity index (χ3v) is 5.87. The number of hydrogen-bond donors (Lipinski definition) is 1. The van der Waals surface area contributed by atoms with Gasteiger partial charge in [-0.2, -0.15) is 0 Å². The van der Waals surface area contributed by atoms with Crippen molar-refractivity contribution in [2.45, 2.75) is 37.0 Å². The van der Waals surface area contributed by atoms with Crippen molar-refractivity contribution < 1.29 is 8.42 Å². The van der Waals surface area contributed by atoms with Crippen molar-refractivity contribution in [3.63, 3.8) is 0 Å². The zero-order chi connectivity index (χ0) is 14.0. The molecule has 3 atom stereocenters. The van der Waals surface area contributed by atoms with Crippen LogP contribution in [0.25, 0.3) is 0 Å². The zero-order valence-electron chi connectivity index (χ0n) is 11.8. The molecule has 0 radical (unpaired) electrons. The molecule has 0 spiro atoms. The van der Waals surface area contributed by atoms with E-state index in [1.165, 1.54) is 6.26 Å². The van der Waals surface area contributed by atoms with Crippen LogP contribution in [0.4, 0.5) is 0 Å². The number of aryl methyl sites for hydroxylation is 1. The summed E-state index contributed by atoms with van der Waals surface area (Å²) < 4.78 is 25.5. The van der Waals surface area contributed by atoms with E-state index < -0.39 is 9.84 Å². The first-order chi connectivity index (χ1) is 8.93. The SMILES string of the molecule is CNC(c1cncn1C)C1CCCC(S(C)(=O)=O)C1. The van der Waals surface area contributed by atoms with Gasteiger partial charge in [-0.15, -0.1) is 0 Å². The van der Waals surface area contributed by atoms with Gasteiger partial charge in [0.2, 0.25) is 0 Å². The molecule has 6 heteroatoms. The molecule has 1 aromatic heterocycles. The first-order valence-electron chi connectivity index (χ1n) is 6.76. The lowest BCUT2D eigenvalue weighted by molar-refractivity contribution is 0.275. The van der Waals surface area contributed by atoms with Crippen LogP contribution in [0.3, 0.4) is 0 Å². The fourth-order valence-corrected chi connectivity index (χ4v) is 4.36. The van der Waals surface area contributed by atoms with E-state index in [0.717, 1.165) is 31.4 Å². The van der Waals surface area contributed by atoms with E-state index in [-0.39, 0.29) is 11.3 Å². The zero-order valence-corrected chi connectivity index (χ0v) is 12.7. The normalized spacial score (nSPS) is 26.3. The molecule has 1 fully saturated rings.